The number of carbonyl (C=O) groups excluding carboxylic acids is 1. The first-order chi connectivity index (χ1) is 10.2. The van der Waals surface area contributed by atoms with Crippen molar-refractivity contribution in [3.63, 3.8) is 0 Å². The molecule has 5 nitrogen and oxygen atoms in total. The number of thiazole rings is 1. The maximum Gasteiger partial charge on any atom is 0.338 e. The molecule has 0 saturated carbocycles. The molecule has 0 aliphatic heterocycles. The first kappa shape index (κ1) is 13.4. The number of methoxy groups -OCH3 is 1. The van der Waals surface area contributed by atoms with Gasteiger partial charge in [0, 0.05) is 6.07 Å². The van der Waals surface area contributed by atoms with Crippen molar-refractivity contribution in [2.24, 2.45) is 0 Å². The number of hydrogen-bond acceptors (Lipinski definition) is 6. The maximum atomic E-state index is 11.5. The van der Waals surface area contributed by atoms with Gasteiger partial charge in [-0.1, -0.05) is 23.5 Å². The van der Waals surface area contributed by atoms with Crippen molar-refractivity contribution >= 4 is 27.5 Å². The summed E-state index contributed by atoms with van der Waals surface area (Å²) in [6.45, 7) is 0. The zero-order valence-corrected chi connectivity index (χ0v) is 11.9. The van der Waals surface area contributed by atoms with E-state index in [0.29, 0.717) is 10.9 Å². The lowest BCUT2D eigenvalue weighted by molar-refractivity contribution is 0.0600. The molecular weight excluding hydrogens is 290 g/mol. The normalized spacial score (nSPS) is 10.5. The number of benzene rings is 2. The lowest BCUT2D eigenvalue weighted by Gasteiger charge is -2.05. The monoisotopic (exact) mass is 301 g/mol. The Labute approximate surface area is 124 Å². The van der Waals surface area contributed by atoms with E-state index in [2.05, 4.69) is 9.72 Å². The van der Waals surface area contributed by atoms with Gasteiger partial charge in [-0.15, -0.1) is 0 Å². The lowest BCUT2D eigenvalue weighted by Crippen LogP contribution is -2.01. The van der Waals surface area contributed by atoms with Crippen molar-refractivity contribution in [1.29, 1.82) is 0 Å². The molecule has 21 heavy (non-hydrogen) atoms. The molecule has 6 heteroatoms. The van der Waals surface area contributed by atoms with Gasteiger partial charge >= 0.3 is 5.97 Å². The smallest absolute Gasteiger partial charge is 0.338 e. The highest BCUT2D eigenvalue weighted by atomic mass is 32.1. The van der Waals surface area contributed by atoms with E-state index in [9.17, 15) is 9.90 Å². The molecule has 3 rings (SSSR count). The van der Waals surface area contributed by atoms with Crippen LogP contribution in [-0.2, 0) is 4.74 Å². The molecule has 0 saturated heterocycles. The van der Waals surface area contributed by atoms with Crippen LogP contribution in [0.5, 0.6) is 16.7 Å². The second kappa shape index (κ2) is 5.41. The van der Waals surface area contributed by atoms with Crippen LogP contribution in [0.3, 0.4) is 0 Å². The number of carbonyl (C=O) groups is 1. The van der Waals surface area contributed by atoms with Crippen LogP contribution in [0.2, 0.25) is 0 Å². The Hall–Kier alpha value is -2.60. The fraction of sp³-hybridized carbons (Fsp3) is 0.0667. The number of fused-ring (bicyclic) bond motifs is 1. The van der Waals surface area contributed by atoms with Crippen LogP contribution >= 0.6 is 11.3 Å². The third-order valence-electron chi connectivity index (χ3n) is 2.79. The molecule has 106 valence electrons. The molecule has 0 atom stereocenters. The summed E-state index contributed by atoms with van der Waals surface area (Å²) < 4.78 is 11.2. The molecule has 0 bridgehead atoms. The summed E-state index contributed by atoms with van der Waals surface area (Å²) in [6.07, 6.45) is 0. The SMILES string of the molecule is COC(=O)c1cc(O)cc(Oc2nc3ccccc3s2)c1. The molecule has 0 unspecified atom stereocenters. The third-order valence-corrected chi connectivity index (χ3v) is 3.71. The summed E-state index contributed by atoms with van der Waals surface area (Å²) in [5.41, 5.74) is 1.06. The standard InChI is InChI=1S/C15H11NO4S/c1-19-14(18)9-6-10(17)8-11(7-9)20-15-16-12-4-2-3-5-13(12)21-15/h2-8,17H,1H3. The van der Waals surface area contributed by atoms with Gasteiger partial charge in [0.15, 0.2) is 0 Å². The molecule has 0 spiro atoms. The van der Waals surface area contributed by atoms with E-state index in [1.807, 2.05) is 24.3 Å². The first-order valence-electron chi connectivity index (χ1n) is 6.11. The zero-order valence-electron chi connectivity index (χ0n) is 11.1. The number of phenols is 1. The van der Waals surface area contributed by atoms with Gasteiger partial charge in [-0.05, 0) is 24.3 Å². The molecule has 1 aromatic heterocycles. The van der Waals surface area contributed by atoms with E-state index in [-0.39, 0.29) is 11.3 Å². The van der Waals surface area contributed by atoms with E-state index in [1.54, 1.807) is 0 Å². The highest BCUT2D eigenvalue weighted by Crippen LogP contribution is 2.32. The topological polar surface area (TPSA) is 68.7 Å². The van der Waals surface area contributed by atoms with Crippen LogP contribution in [-0.4, -0.2) is 23.2 Å². The van der Waals surface area contributed by atoms with Crippen LogP contribution in [0.4, 0.5) is 0 Å². The minimum atomic E-state index is -0.542. The second-order valence-electron chi connectivity index (χ2n) is 4.26. The number of ether oxygens (including phenoxy) is 2. The summed E-state index contributed by atoms with van der Waals surface area (Å²) in [7, 11) is 1.28. The number of para-hydroxylation sites is 1. The van der Waals surface area contributed by atoms with E-state index in [0.717, 1.165) is 10.2 Å². The van der Waals surface area contributed by atoms with E-state index >= 15 is 0 Å². The lowest BCUT2D eigenvalue weighted by atomic mass is 10.2. The number of nitrogens with zero attached hydrogens (tertiary/aromatic N) is 1. The van der Waals surface area contributed by atoms with Gasteiger partial charge in [-0.25, -0.2) is 9.78 Å². The van der Waals surface area contributed by atoms with Crippen molar-refractivity contribution in [1.82, 2.24) is 4.98 Å². The highest BCUT2D eigenvalue weighted by Gasteiger charge is 2.11. The number of aromatic nitrogens is 1. The van der Waals surface area contributed by atoms with Crippen molar-refractivity contribution < 1.29 is 19.4 Å². The highest BCUT2D eigenvalue weighted by molar-refractivity contribution is 7.20. The van der Waals surface area contributed by atoms with Crippen molar-refractivity contribution in [2.75, 3.05) is 7.11 Å². The second-order valence-corrected chi connectivity index (χ2v) is 5.25. The third kappa shape index (κ3) is 2.80. The van der Waals surface area contributed by atoms with E-state index < -0.39 is 5.97 Å². The molecule has 1 heterocycles. The van der Waals surface area contributed by atoms with Crippen LogP contribution < -0.4 is 4.74 Å². The van der Waals surface area contributed by atoms with Gasteiger partial charge in [0.25, 0.3) is 5.19 Å². The molecule has 1 N–H and O–H groups in total. The van der Waals surface area contributed by atoms with E-state index in [1.165, 1.54) is 36.6 Å². The van der Waals surface area contributed by atoms with Gasteiger partial charge in [-0.3, -0.25) is 0 Å². The van der Waals surface area contributed by atoms with Crippen molar-refractivity contribution in [3.05, 3.63) is 48.0 Å². The summed E-state index contributed by atoms with van der Waals surface area (Å²) in [4.78, 5) is 15.8. The fourth-order valence-electron chi connectivity index (χ4n) is 1.87. The quantitative estimate of drug-likeness (QED) is 0.749. The van der Waals surface area contributed by atoms with Crippen molar-refractivity contribution in [3.8, 4) is 16.7 Å². The maximum absolute atomic E-state index is 11.5. The van der Waals surface area contributed by atoms with Gasteiger partial charge in [0.05, 0.1) is 22.9 Å². The predicted molar refractivity (Wildman–Crippen MR) is 79.1 cm³/mol. The molecule has 0 aliphatic carbocycles. The summed E-state index contributed by atoms with van der Waals surface area (Å²) in [5, 5.41) is 10.1. The minimum absolute atomic E-state index is 0.0750. The molecule has 0 radical (unpaired) electrons. The molecular formula is C15H11NO4S. The minimum Gasteiger partial charge on any atom is -0.508 e. The van der Waals surface area contributed by atoms with Gasteiger partial charge in [0.2, 0.25) is 0 Å². The number of aromatic hydroxyl groups is 1. The first-order valence-corrected chi connectivity index (χ1v) is 6.93. The molecule has 3 aromatic rings. The Kier molecular flexibility index (Phi) is 3.45. The van der Waals surface area contributed by atoms with Gasteiger partial charge < -0.3 is 14.6 Å². The molecule has 0 aliphatic rings. The van der Waals surface area contributed by atoms with Gasteiger partial charge in [0.1, 0.15) is 11.5 Å². The molecule has 0 fully saturated rings. The fourth-order valence-corrected chi connectivity index (χ4v) is 2.71. The average Bonchev–Trinajstić information content (AvgIpc) is 2.87. The number of phenolic OH excluding ortho intramolecular Hbond substituents is 1. The van der Waals surface area contributed by atoms with Crippen LogP contribution in [0.1, 0.15) is 10.4 Å². The Bertz CT molecular complexity index is 779. The summed E-state index contributed by atoms with van der Waals surface area (Å²) in [6, 6.07) is 11.9. The van der Waals surface area contributed by atoms with Crippen LogP contribution in [0.25, 0.3) is 10.2 Å². The number of rotatable bonds is 3. The van der Waals surface area contributed by atoms with Crippen LogP contribution in [0, 0.1) is 0 Å². The Balaban J connectivity index is 1.93. The predicted octanol–water partition coefficient (Wildman–Crippen LogP) is 3.58. The largest absolute Gasteiger partial charge is 0.508 e. The molecule has 0 amide bonds. The molecule has 2 aromatic carbocycles. The Morgan fingerprint density at radius 2 is 2.05 bits per heavy atom. The Morgan fingerprint density at radius 3 is 2.81 bits per heavy atom. The van der Waals surface area contributed by atoms with E-state index in [4.69, 9.17) is 4.74 Å². The Morgan fingerprint density at radius 1 is 1.24 bits per heavy atom. The van der Waals surface area contributed by atoms with Gasteiger partial charge in [-0.2, -0.15) is 0 Å². The van der Waals surface area contributed by atoms with Crippen molar-refractivity contribution in [2.45, 2.75) is 0 Å². The average molecular weight is 301 g/mol. The number of hydrogen-bond donors (Lipinski definition) is 1. The summed E-state index contributed by atoms with van der Waals surface area (Å²) >= 11 is 1.39. The zero-order chi connectivity index (χ0) is 14.8. The van der Waals surface area contributed by atoms with Crippen LogP contribution in [0.15, 0.2) is 42.5 Å². The number of esters is 1. The summed E-state index contributed by atoms with van der Waals surface area (Å²) in [5.74, 6) is -0.288.